The van der Waals surface area contributed by atoms with E-state index < -0.39 is 21.8 Å². The van der Waals surface area contributed by atoms with Crippen LogP contribution >= 0.6 is 23.5 Å². The Bertz CT molecular complexity index is 1200. The summed E-state index contributed by atoms with van der Waals surface area (Å²) in [5, 5.41) is 1.40. The molecule has 3 aliphatic heterocycles. The third kappa shape index (κ3) is 6.15. The van der Waals surface area contributed by atoms with Crippen LogP contribution in [0.5, 0.6) is 0 Å². The first-order chi connectivity index (χ1) is 20.7. The summed E-state index contributed by atoms with van der Waals surface area (Å²) in [4.78, 5) is 14.5. The van der Waals surface area contributed by atoms with Crippen LogP contribution in [0.2, 0.25) is 36.8 Å². The zero-order valence-corrected chi connectivity index (χ0v) is 32.0. The van der Waals surface area contributed by atoms with E-state index in [0.717, 1.165) is 56.2 Å². The van der Waals surface area contributed by atoms with Gasteiger partial charge in [-0.3, -0.25) is 4.79 Å². The molecule has 3 saturated heterocycles. The number of rotatable bonds is 8. The second-order valence-corrected chi connectivity index (χ2v) is 27.7. The number of fused-ring (bicyclic) bond motifs is 1. The SMILES string of the molecule is COC(=O)[C@]12CO[C@@H](C3(CC4OCCCO4)SCCCS3)[C@@H]1C(C)=C(O[Si](C)(C)C(C)(C)C)CC2[Si](C)(C)c1ccccc1. The molecule has 3 fully saturated rings. The zero-order chi connectivity index (χ0) is 32.0. The zero-order valence-electron chi connectivity index (χ0n) is 28.3. The van der Waals surface area contributed by atoms with Crippen molar-refractivity contribution in [3.8, 4) is 0 Å². The maximum absolute atomic E-state index is 14.5. The molecule has 10 heteroatoms. The van der Waals surface area contributed by atoms with Gasteiger partial charge in [0.2, 0.25) is 8.32 Å². The van der Waals surface area contributed by atoms with Crippen LogP contribution in [0.1, 0.15) is 53.4 Å². The number of carbonyl (C=O) groups excluding carboxylic acids is 1. The van der Waals surface area contributed by atoms with E-state index in [1.165, 1.54) is 10.8 Å². The van der Waals surface area contributed by atoms with Crippen LogP contribution in [0.3, 0.4) is 0 Å². The first-order valence-corrected chi connectivity index (χ1v) is 24.3. The van der Waals surface area contributed by atoms with E-state index in [2.05, 4.69) is 84.2 Å². The van der Waals surface area contributed by atoms with Gasteiger partial charge in [0.25, 0.3) is 0 Å². The lowest BCUT2D eigenvalue weighted by Gasteiger charge is -2.53. The van der Waals surface area contributed by atoms with Gasteiger partial charge in [0.05, 0.1) is 50.9 Å². The van der Waals surface area contributed by atoms with Gasteiger partial charge < -0.3 is 23.4 Å². The fraction of sp³-hybridized carbons (Fsp3) is 0.735. The number of hydrogen-bond donors (Lipinski definition) is 0. The normalized spacial score (nSPS) is 30.2. The monoisotopic (exact) mass is 678 g/mol. The third-order valence-electron chi connectivity index (χ3n) is 11.2. The van der Waals surface area contributed by atoms with E-state index in [1.807, 2.05) is 23.5 Å². The highest BCUT2D eigenvalue weighted by Gasteiger charge is 2.70. The molecule has 0 aromatic heterocycles. The summed E-state index contributed by atoms with van der Waals surface area (Å²) < 4.78 is 32.2. The van der Waals surface area contributed by atoms with Crippen LogP contribution < -0.4 is 5.19 Å². The van der Waals surface area contributed by atoms with Gasteiger partial charge in [-0.25, -0.2) is 0 Å². The first-order valence-electron chi connectivity index (χ1n) is 16.3. The minimum atomic E-state index is -2.30. The predicted octanol–water partition coefficient (Wildman–Crippen LogP) is 7.57. The highest BCUT2D eigenvalue weighted by Crippen LogP contribution is 2.66. The second kappa shape index (κ2) is 13.0. The van der Waals surface area contributed by atoms with Crippen LogP contribution in [0.25, 0.3) is 0 Å². The Morgan fingerprint density at radius 1 is 1.00 bits per heavy atom. The van der Waals surface area contributed by atoms with Crippen LogP contribution in [0, 0.1) is 11.3 Å². The van der Waals surface area contributed by atoms with Crippen LogP contribution in [-0.2, 0) is 28.2 Å². The number of allylic oxidation sites excluding steroid dienone is 1. The largest absolute Gasteiger partial charge is 0.547 e. The van der Waals surface area contributed by atoms with E-state index in [4.69, 9.17) is 23.4 Å². The number of hydrogen-bond acceptors (Lipinski definition) is 8. The van der Waals surface area contributed by atoms with Gasteiger partial charge in [-0.1, -0.05) is 69.4 Å². The summed E-state index contributed by atoms with van der Waals surface area (Å²) in [5.41, 5.74) is 0.421. The van der Waals surface area contributed by atoms with Crippen LogP contribution in [0.15, 0.2) is 41.7 Å². The summed E-state index contributed by atoms with van der Waals surface area (Å²) in [6.07, 6.45) is 3.09. The lowest BCUT2D eigenvalue weighted by molar-refractivity contribution is -0.184. The van der Waals surface area contributed by atoms with Gasteiger partial charge in [0.15, 0.2) is 6.29 Å². The molecule has 44 heavy (non-hydrogen) atoms. The van der Waals surface area contributed by atoms with Gasteiger partial charge in [-0.2, -0.15) is 0 Å². The van der Waals surface area contributed by atoms with Crippen molar-refractivity contribution < 1.29 is 28.2 Å². The van der Waals surface area contributed by atoms with Gasteiger partial charge in [0.1, 0.15) is 5.41 Å². The van der Waals surface area contributed by atoms with Gasteiger partial charge in [-0.05, 0) is 60.5 Å². The molecule has 5 rings (SSSR count). The van der Waals surface area contributed by atoms with Crippen molar-refractivity contribution in [2.45, 2.75) is 107 Å². The summed E-state index contributed by atoms with van der Waals surface area (Å²) in [6, 6.07) is 10.9. The molecule has 0 spiro atoms. The lowest BCUT2D eigenvalue weighted by atomic mass is 9.64. The third-order valence-corrected chi connectivity index (χ3v) is 23.3. The molecule has 1 aromatic carbocycles. The highest BCUT2D eigenvalue weighted by atomic mass is 32.2. The molecular weight excluding hydrogens is 625 g/mol. The molecule has 1 aliphatic carbocycles. The molecular formula is C34H54O6S2Si2. The molecule has 246 valence electrons. The minimum Gasteiger partial charge on any atom is -0.547 e. The van der Waals surface area contributed by atoms with E-state index in [-0.39, 0.29) is 38.9 Å². The standard InChI is InChI=1S/C34H54O6S2Si2/c1-24-26(40-44(8,9)32(2,3)4)21-27(43(6,7)25-15-11-10-12-16-25)33(31(35)36-5)23-39-30(29(24)33)34(41-19-14-20-42-34)22-28-37-17-13-18-38-28/h10-12,15-16,27-30H,13-14,17-23H2,1-9H3/t27?,29-,30+,33-/m0/s1. The van der Waals surface area contributed by atoms with E-state index in [9.17, 15) is 4.79 Å². The fourth-order valence-corrected chi connectivity index (χ4v) is 16.2. The molecule has 0 bridgehead atoms. The maximum Gasteiger partial charge on any atom is 0.314 e. The lowest BCUT2D eigenvalue weighted by Crippen LogP contribution is -2.61. The van der Waals surface area contributed by atoms with Crippen molar-refractivity contribution in [1.29, 1.82) is 0 Å². The van der Waals surface area contributed by atoms with E-state index in [0.29, 0.717) is 6.61 Å². The van der Waals surface area contributed by atoms with Crippen molar-refractivity contribution in [2.24, 2.45) is 11.3 Å². The molecule has 4 atom stereocenters. The van der Waals surface area contributed by atoms with Gasteiger partial charge >= 0.3 is 5.97 Å². The summed E-state index contributed by atoms with van der Waals surface area (Å²) in [5.74, 6) is 2.90. The Morgan fingerprint density at radius 3 is 2.23 bits per heavy atom. The molecule has 1 unspecified atom stereocenters. The molecule has 3 heterocycles. The maximum atomic E-state index is 14.5. The molecule has 4 aliphatic rings. The van der Waals surface area contributed by atoms with Crippen molar-refractivity contribution in [1.82, 2.24) is 0 Å². The van der Waals surface area contributed by atoms with Crippen molar-refractivity contribution in [2.75, 3.05) is 38.4 Å². The Hall–Kier alpha value is -0.756. The van der Waals surface area contributed by atoms with Gasteiger partial charge in [-0.15, -0.1) is 23.5 Å². The number of carbonyl (C=O) groups is 1. The fourth-order valence-electron chi connectivity index (χ4n) is 7.64. The highest BCUT2D eigenvalue weighted by molar-refractivity contribution is 8.18. The number of methoxy groups -OCH3 is 1. The number of esters is 1. The second-order valence-electron chi connectivity index (χ2n) is 15.1. The summed E-state index contributed by atoms with van der Waals surface area (Å²) in [6.45, 7) is 20.4. The molecule has 6 nitrogen and oxygen atoms in total. The molecule has 0 amide bonds. The van der Waals surface area contributed by atoms with E-state index in [1.54, 1.807) is 7.11 Å². The van der Waals surface area contributed by atoms with Crippen molar-refractivity contribution >= 4 is 51.1 Å². The predicted molar refractivity (Wildman–Crippen MR) is 188 cm³/mol. The average molecular weight is 679 g/mol. The molecule has 0 N–H and O–H groups in total. The van der Waals surface area contributed by atoms with Crippen molar-refractivity contribution in [3.63, 3.8) is 0 Å². The first kappa shape index (κ1) is 34.6. The summed E-state index contributed by atoms with van der Waals surface area (Å²) >= 11 is 3.97. The Balaban J connectivity index is 1.69. The number of thioether (sulfide) groups is 2. The topological polar surface area (TPSA) is 63.2 Å². The van der Waals surface area contributed by atoms with Gasteiger partial charge in [0, 0.05) is 18.8 Å². The summed E-state index contributed by atoms with van der Waals surface area (Å²) in [7, 11) is -2.91. The number of benzene rings is 1. The Labute approximate surface area is 276 Å². The molecule has 1 aromatic rings. The van der Waals surface area contributed by atoms with Crippen molar-refractivity contribution in [3.05, 3.63) is 41.7 Å². The van der Waals surface area contributed by atoms with E-state index >= 15 is 0 Å². The number of ether oxygens (including phenoxy) is 4. The van der Waals surface area contributed by atoms with Crippen LogP contribution in [0.4, 0.5) is 0 Å². The smallest absolute Gasteiger partial charge is 0.314 e. The minimum absolute atomic E-state index is 0.0427. The Morgan fingerprint density at radius 2 is 1.64 bits per heavy atom. The molecule has 0 saturated carbocycles. The van der Waals surface area contributed by atoms with Crippen LogP contribution in [-0.4, -0.2) is 77.3 Å². The average Bonchev–Trinajstić information content (AvgIpc) is 3.41. The Kier molecular flexibility index (Phi) is 10.2. The quantitative estimate of drug-likeness (QED) is 0.206. The molecule has 0 radical (unpaired) electrons.